The Morgan fingerprint density at radius 1 is 0.588 bits per heavy atom. The highest BCUT2D eigenvalue weighted by Gasteiger charge is 2.04. The van der Waals surface area contributed by atoms with Crippen LogP contribution in [-0.4, -0.2) is 18.2 Å². The van der Waals surface area contributed by atoms with E-state index in [1.807, 2.05) is 0 Å². The molecule has 0 saturated carbocycles. The number of carboxylic acids is 1. The van der Waals surface area contributed by atoms with Gasteiger partial charge >= 0.3 is 5.97 Å². The topological polar surface area (TPSA) is 226 Å². The fourth-order valence-corrected chi connectivity index (χ4v) is 0.413. The van der Waals surface area contributed by atoms with E-state index in [4.69, 9.17) is 46.0 Å². The van der Waals surface area contributed by atoms with Crippen LogP contribution in [0.2, 0.25) is 0 Å². The summed E-state index contributed by atoms with van der Waals surface area (Å²) in [6, 6.07) is 0. The number of aliphatic carboxylic acids is 1. The molecule has 0 aliphatic carbocycles. The lowest BCUT2D eigenvalue weighted by Crippen LogP contribution is -2.01. The minimum atomic E-state index is -1.16. The van der Waals surface area contributed by atoms with E-state index in [9.17, 15) is 9.90 Å². The number of ether oxygens (including phenoxy) is 1. The van der Waals surface area contributed by atoms with Crippen molar-refractivity contribution < 1.29 is 60.6 Å². The molecule has 0 heterocycles. The van der Waals surface area contributed by atoms with Crippen molar-refractivity contribution in [2.45, 2.75) is 6.42 Å². The minimum absolute atomic E-state index is 0.0650. The van der Waals surface area contributed by atoms with Crippen LogP contribution in [0.3, 0.4) is 0 Å². The Labute approximate surface area is 207 Å². The molecule has 12 heteroatoms. The molecule has 0 unspecified atom stereocenters. The third-order valence-electron chi connectivity index (χ3n) is 0.830. The molecule has 0 aliphatic rings. The predicted octanol–water partition coefficient (Wildman–Crippen LogP) is 3.89. The molecule has 192 valence electrons. The predicted molar refractivity (Wildman–Crippen MR) is 115 cm³/mol. The lowest BCUT2D eigenvalue weighted by atomic mass is 10.3. The molecule has 34 heavy (non-hydrogen) atoms. The minimum Gasteiger partial charge on any atom is -0.490 e. The maximum atomic E-state index is 10.1. The van der Waals surface area contributed by atoms with E-state index in [0.29, 0.717) is 59.5 Å². The summed E-state index contributed by atoms with van der Waals surface area (Å²) in [6.07, 6.45) is 1.27. The van der Waals surface area contributed by atoms with Crippen molar-refractivity contribution >= 4 is 5.97 Å². The Bertz CT molecular complexity index is 230. The monoisotopic (exact) mass is 488 g/mol. The second kappa shape index (κ2) is 107. The van der Waals surface area contributed by atoms with Crippen molar-refractivity contribution in [3.63, 3.8) is 0 Å². The van der Waals surface area contributed by atoms with Gasteiger partial charge in [0.05, 0.1) is 7.11 Å². The van der Waals surface area contributed by atoms with Gasteiger partial charge in [0.15, 0.2) is 5.76 Å². The number of hydrogen-bond acceptors (Lipinski definition) is 2. The van der Waals surface area contributed by atoms with Gasteiger partial charge in [-0.1, -0.05) is 0 Å². The van der Waals surface area contributed by atoms with Gasteiger partial charge < -0.3 is 9.84 Å². The largest absolute Gasteiger partial charge is 0.490 e. The Balaban J connectivity index is -0.0000000318. The smallest absolute Gasteiger partial charge is 0.370 e. The molecular weight excluding hydrogens is 456 g/mol. The van der Waals surface area contributed by atoms with Crippen LogP contribution < -0.4 is 0 Å². The summed E-state index contributed by atoms with van der Waals surface area (Å²) in [6.45, 7) is 27.0. The summed E-state index contributed by atoms with van der Waals surface area (Å²) >= 11 is 0. The molecule has 0 aliphatic heterocycles. The van der Waals surface area contributed by atoms with E-state index in [1.165, 1.54) is 13.2 Å². The maximum Gasteiger partial charge on any atom is 0.370 e. The van der Waals surface area contributed by atoms with Crippen molar-refractivity contribution in [1.29, 1.82) is 0 Å². The van der Waals surface area contributed by atoms with Gasteiger partial charge in [-0.25, -0.2) is 50.8 Å². The second-order valence-corrected chi connectivity index (χ2v) is 2.81. The molecule has 0 spiro atoms. The van der Waals surface area contributed by atoms with Crippen LogP contribution in [0.1, 0.15) is 6.42 Å². The summed E-state index contributed by atoms with van der Waals surface area (Å²) in [5.74, 6) is -1.36. The first-order valence-corrected chi connectivity index (χ1v) is 7.78. The number of carbonyl (C=O) groups is 1. The highest BCUT2D eigenvalue weighted by Crippen LogP contribution is 1.98. The molecule has 0 bridgehead atoms. The van der Waals surface area contributed by atoms with Crippen LogP contribution >= 0.6 is 0 Å². The molecule has 12 nitrogen and oxygen atoms in total. The Kier molecular flexibility index (Phi) is 184. The van der Waals surface area contributed by atoms with Crippen LogP contribution in [0.4, 0.5) is 0 Å². The van der Waals surface area contributed by atoms with Gasteiger partial charge in [-0.15, -0.1) is 0 Å². The van der Waals surface area contributed by atoms with E-state index in [2.05, 4.69) is 60.1 Å². The first-order chi connectivity index (χ1) is 16.0. The Morgan fingerprint density at radius 2 is 0.765 bits per heavy atom. The van der Waals surface area contributed by atoms with Crippen molar-refractivity contribution in [2.75, 3.05) is 7.11 Å². The van der Waals surface area contributed by atoms with Crippen molar-refractivity contribution in [3.8, 4) is 0 Å². The molecule has 0 aromatic carbocycles. The zero-order chi connectivity index (χ0) is 29.6. The normalized spacial score (nSPS) is 7.53. The molecule has 0 rings (SSSR count). The summed E-state index contributed by atoms with van der Waals surface area (Å²) in [5.41, 5.74) is 0. The van der Waals surface area contributed by atoms with Gasteiger partial charge in [0.25, 0.3) is 0 Å². The zero-order valence-corrected chi connectivity index (χ0v) is 19.1. The third-order valence-corrected chi connectivity index (χ3v) is 0.830. The third kappa shape index (κ3) is 360. The molecule has 0 saturated heterocycles. The first-order valence-electron chi connectivity index (χ1n) is 7.78. The highest BCUT2D eigenvalue weighted by molar-refractivity contribution is 5.84. The maximum absolute atomic E-state index is 10.1. The average Bonchev–Trinajstić information content (AvgIpc) is 2.73. The van der Waals surface area contributed by atoms with E-state index in [1.54, 1.807) is 0 Å². The van der Waals surface area contributed by atoms with Crippen LogP contribution in [-0.2, 0) is 55.5 Å². The van der Waals surface area contributed by atoms with E-state index >= 15 is 0 Å². The van der Waals surface area contributed by atoms with Gasteiger partial charge in [-0.2, -0.15) is 0 Å². The fraction of sp³-hybridized carbons (Fsp3) is 0.0909. The molecule has 26 radical (unpaired) electrons. The lowest BCUT2D eigenvalue weighted by molar-refractivity contribution is -0.136. The lowest BCUT2D eigenvalue weighted by Gasteiger charge is -1.97. The van der Waals surface area contributed by atoms with Crippen molar-refractivity contribution in [2.24, 2.45) is 0 Å². The fourth-order valence-electron chi connectivity index (χ4n) is 0.413. The summed E-state index contributed by atoms with van der Waals surface area (Å²) < 4.78 is 4.42. The molecule has 0 aromatic heterocycles. The Morgan fingerprint density at radius 3 is 0.853 bits per heavy atom. The van der Waals surface area contributed by atoms with Crippen LogP contribution in [0.15, 0.2) is 11.8 Å². The van der Waals surface area contributed by atoms with E-state index in [0.717, 1.165) is 0 Å². The molecular formula is C22H32O12. The summed E-state index contributed by atoms with van der Waals surface area (Å²) in [5, 5.41) is 87.6. The Hall–Kier alpha value is -1.35. The number of hydrogen-bond donors (Lipinski definition) is 1. The van der Waals surface area contributed by atoms with E-state index in [-0.39, 0.29) is 12.2 Å². The van der Waals surface area contributed by atoms with Gasteiger partial charge in [0, 0.05) is 6.42 Å². The molecule has 0 aromatic rings. The highest BCUT2D eigenvalue weighted by atomic mass is 16.5. The zero-order valence-electron chi connectivity index (χ0n) is 19.1. The van der Waals surface area contributed by atoms with E-state index < -0.39 is 5.97 Å². The molecule has 0 fully saturated rings. The van der Waals surface area contributed by atoms with Gasteiger partial charge in [0.2, 0.25) is 0 Å². The van der Waals surface area contributed by atoms with Crippen molar-refractivity contribution in [3.05, 3.63) is 127 Å². The quantitative estimate of drug-likeness (QED) is 0.459. The first kappa shape index (κ1) is 58.5. The van der Waals surface area contributed by atoms with Gasteiger partial charge in [-0.05, 0) is 61.5 Å². The van der Waals surface area contributed by atoms with Crippen LogP contribution in [0.5, 0.6) is 0 Å². The van der Waals surface area contributed by atoms with Crippen LogP contribution in [0, 0.1) is 115 Å². The number of rotatable bonds is 4. The van der Waals surface area contributed by atoms with Crippen LogP contribution in [0.25, 0.3) is 0 Å². The molecule has 0 atom stereocenters. The average molecular weight is 488 g/mol. The van der Waals surface area contributed by atoms with Crippen molar-refractivity contribution in [1.82, 2.24) is 0 Å². The molecule has 0 amide bonds. The van der Waals surface area contributed by atoms with Gasteiger partial charge in [-0.3, -0.25) is 0 Å². The summed E-state index contributed by atoms with van der Waals surface area (Å²) in [4.78, 5) is 10.1. The number of methoxy groups -OCH3 is 1. The SMILES string of the molecule is COC(=CC[CH][O])C(=O)O.[CH2][CH][O].[CH2][CH][O].[CH2][CH][O].[CH2][CH][O].[CH2][CH][O].[CH2][CH][O].[CH2][CH][O].[CH2][CH][O]. The standard InChI is InChI=1S/C6H8O4.8C2H3O/c1-10-5(6(8)9)3-2-4-7;8*1-2-3/h3-4H,2H2,1H3,(H,8,9);8*2H,1H2. The second-order valence-electron chi connectivity index (χ2n) is 2.81. The van der Waals surface area contributed by atoms with Gasteiger partial charge in [0.1, 0.15) is 59.5 Å². The number of carboxylic acid groups (broad SMARTS) is 1. The molecule has 1 N–H and O–H groups in total. The summed E-state index contributed by atoms with van der Waals surface area (Å²) in [7, 11) is 1.24.